The van der Waals surface area contributed by atoms with Crippen LogP contribution in [0.2, 0.25) is 0 Å². The van der Waals surface area contributed by atoms with Crippen molar-refractivity contribution in [2.75, 3.05) is 23.1 Å². The van der Waals surface area contributed by atoms with E-state index in [-0.39, 0.29) is 30.2 Å². The third-order valence-corrected chi connectivity index (χ3v) is 5.43. The number of aryl methyl sites for hydroxylation is 1. The number of carbonyl (C=O) groups excluding carboxylic acids is 3. The van der Waals surface area contributed by atoms with E-state index in [4.69, 9.17) is 4.74 Å². The molecule has 1 atom stereocenters. The average molecular weight is 460 g/mol. The second kappa shape index (κ2) is 11.7. The van der Waals surface area contributed by atoms with Gasteiger partial charge < -0.3 is 20.7 Å². The number of para-hydroxylation sites is 1. The number of hydrogen-bond acceptors (Lipinski definition) is 4. The van der Waals surface area contributed by atoms with Crippen molar-refractivity contribution >= 4 is 35.0 Å². The molecule has 0 radical (unpaired) electrons. The summed E-state index contributed by atoms with van der Waals surface area (Å²) in [5, 5.41) is 8.48. The monoisotopic (exact) mass is 459 g/mol. The summed E-state index contributed by atoms with van der Waals surface area (Å²) in [6, 6.07) is 21.8. The molecule has 0 fully saturated rings. The summed E-state index contributed by atoms with van der Waals surface area (Å²) >= 11 is 0. The first-order valence-corrected chi connectivity index (χ1v) is 11.0. The van der Waals surface area contributed by atoms with E-state index in [1.54, 1.807) is 24.3 Å². The molecular formula is C27H29N3O4. The largest absolute Gasteiger partial charge is 0.469 e. The molecular weight excluding hydrogens is 430 g/mol. The zero-order chi connectivity index (χ0) is 24.5. The Kier molecular flexibility index (Phi) is 8.40. The van der Waals surface area contributed by atoms with Gasteiger partial charge in [0, 0.05) is 17.1 Å². The smallest absolute Gasteiger partial charge is 0.323 e. The molecule has 34 heavy (non-hydrogen) atoms. The van der Waals surface area contributed by atoms with Crippen molar-refractivity contribution in [3.8, 4) is 0 Å². The van der Waals surface area contributed by atoms with Crippen LogP contribution in [0.15, 0.2) is 72.8 Å². The van der Waals surface area contributed by atoms with E-state index < -0.39 is 0 Å². The summed E-state index contributed by atoms with van der Waals surface area (Å²) in [6.45, 7) is 3.88. The number of rotatable bonds is 8. The lowest BCUT2D eigenvalue weighted by atomic mass is 9.98. The lowest BCUT2D eigenvalue weighted by Crippen LogP contribution is -2.20. The van der Waals surface area contributed by atoms with Crippen molar-refractivity contribution in [1.82, 2.24) is 0 Å². The first kappa shape index (κ1) is 24.5. The van der Waals surface area contributed by atoms with E-state index in [1.165, 1.54) is 7.11 Å². The van der Waals surface area contributed by atoms with Crippen LogP contribution in [-0.2, 0) is 20.7 Å². The third kappa shape index (κ3) is 7.20. The summed E-state index contributed by atoms with van der Waals surface area (Å²) in [5.41, 5.74) is 4.87. The fraction of sp³-hybridized carbons (Fsp3) is 0.222. The summed E-state index contributed by atoms with van der Waals surface area (Å²) in [7, 11) is 1.38. The highest BCUT2D eigenvalue weighted by atomic mass is 16.5. The van der Waals surface area contributed by atoms with E-state index >= 15 is 0 Å². The molecule has 0 saturated heterocycles. The average Bonchev–Trinajstić information content (AvgIpc) is 2.82. The van der Waals surface area contributed by atoms with Gasteiger partial charge in [-0.3, -0.25) is 9.59 Å². The Morgan fingerprint density at radius 3 is 2.09 bits per heavy atom. The first-order chi connectivity index (χ1) is 16.3. The molecule has 0 aliphatic rings. The number of nitrogens with one attached hydrogen (secondary N) is 3. The van der Waals surface area contributed by atoms with Crippen LogP contribution in [-0.4, -0.2) is 25.0 Å². The topological polar surface area (TPSA) is 96.5 Å². The van der Waals surface area contributed by atoms with E-state index in [2.05, 4.69) is 16.0 Å². The maximum absolute atomic E-state index is 12.4. The predicted octanol–water partition coefficient (Wildman–Crippen LogP) is 5.49. The maximum atomic E-state index is 12.4. The van der Waals surface area contributed by atoms with Crippen LogP contribution in [0.1, 0.15) is 36.0 Å². The Morgan fingerprint density at radius 2 is 1.44 bits per heavy atom. The molecule has 3 aromatic rings. The number of carbonyl (C=O) groups is 3. The molecule has 7 heteroatoms. The van der Waals surface area contributed by atoms with Crippen molar-refractivity contribution in [3.63, 3.8) is 0 Å². The minimum atomic E-state index is -0.329. The van der Waals surface area contributed by atoms with Crippen LogP contribution in [0.4, 0.5) is 21.9 Å². The van der Waals surface area contributed by atoms with Crippen molar-refractivity contribution in [2.45, 2.75) is 32.6 Å². The van der Waals surface area contributed by atoms with Gasteiger partial charge in [-0.15, -0.1) is 0 Å². The molecule has 0 bridgehead atoms. The van der Waals surface area contributed by atoms with Gasteiger partial charge in [0.1, 0.15) is 0 Å². The molecule has 3 amide bonds. The van der Waals surface area contributed by atoms with Crippen LogP contribution < -0.4 is 16.0 Å². The van der Waals surface area contributed by atoms with Gasteiger partial charge in [-0.25, -0.2) is 4.79 Å². The lowest BCUT2D eigenvalue weighted by molar-refractivity contribution is -0.141. The highest BCUT2D eigenvalue weighted by molar-refractivity contribution is 6.00. The van der Waals surface area contributed by atoms with Crippen LogP contribution in [0.25, 0.3) is 0 Å². The van der Waals surface area contributed by atoms with Gasteiger partial charge in [-0.05, 0) is 59.9 Å². The summed E-state index contributed by atoms with van der Waals surface area (Å²) in [6.07, 6.45) is 0.511. The Hall–Kier alpha value is -4.13. The van der Waals surface area contributed by atoms with Gasteiger partial charge in [0.05, 0.1) is 20.0 Å². The zero-order valence-electron chi connectivity index (χ0n) is 19.6. The van der Waals surface area contributed by atoms with Gasteiger partial charge >= 0.3 is 12.0 Å². The third-order valence-electron chi connectivity index (χ3n) is 5.43. The number of methoxy groups -OCH3 is 1. The predicted molar refractivity (Wildman–Crippen MR) is 134 cm³/mol. The molecule has 7 nitrogen and oxygen atoms in total. The summed E-state index contributed by atoms with van der Waals surface area (Å²) in [4.78, 5) is 36.1. The second-order valence-corrected chi connectivity index (χ2v) is 8.12. The number of benzene rings is 3. The molecule has 0 heterocycles. The normalized spacial score (nSPS) is 11.3. The van der Waals surface area contributed by atoms with Gasteiger partial charge in [-0.1, -0.05) is 49.4 Å². The number of amides is 3. The molecule has 1 unspecified atom stereocenters. The van der Waals surface area contributed by atoms with E-state index in [0.717, 1.165) is 22.4 Å². The number of urea groups is 1. The van der Waals surface area contributed by atoms with E-state index in [0.29, 0.717) is 17.8 Å². The van der Waals surface area contributed by atoms with Crippen molar-refractivity contribution < 1.29 is 19.1 Å². The Labute approximate surface area is 199 Å². The van der Waals surface area contributed by atoms with Gasteiger partial charge in [0.25, 0.3) is 0 Å². The van der Waals surface area contributed by atoms with Crippen molar-refractivity contribution in [3.05, 3.63) is 89.5 Å². The lowest BCUT2D eigenvalue weighted by Gasteiger charge is -2.12. The number of esters is 1. The van der Waals surface area contributed by atoms with Crippen LogP contribution >= 0.6 is 0 Å². The molecule has 3 rings (SSSR count). The molecule has 0 spiro atoms. The summed E-state index contributed by atoms with van der Waals surface area (Å²) in [5.74, 6) is -0.366. The minimum absolute atomic E-state index is 0.0307. The van der Waals surface area contributed by atoms with Gasteiger partial charge in [-0.2, -0.15) is 0 Å². The van der Waals surface area contributed by atoms with Gasteiger partial charge in [0.15, 0.2) is 0 Å². The van der Waals surface area contributed by atoms with Gasteiger partial charge in [0.2, 0.25) is 5.91 Å². The van der Waals surface area contributed by atoms with Crippen molar-refractivity contribution in [2.24, 2.45) is 0 Å². The molecule has 3 aromatic carbocycles. The molecule has 176 valence electrons. The Bertz CT molecular complexity index is 1140. The molecule has 3 N–H and O–H groups in total. The fourth-order valence-electron chi connectivity index (χ4n) is 3.44. The first-order valence-electron chi connectivity index (χ1n) is 11.0. The van der Waals surface area contributed by atoms with Crippen LogP contribution in [0.3, 0.4) is 0 Å². The van der Waals surface area contributed by atoms with E-state index in [9.17, 15) is 14.4 Å². The Morgan fingerprint density at radius 1 is 0.824 bits per heavy atom. The van der Waals surface area contributed by atoms with Crippen LogP contribution in [0, 0.1) is 6.92 Å². The number of hydrogen-bond donors (Lipinski definition) is 3. The molecule has 0 aromatic heterocycles. The van der Waals surface area contributed by atoms with Crippen LogP contribution in [0.5, 0.6) is 0 Å². The quantitative estimate of drug-likeness (QED) is 0.388. The second-order valence-electron chi connectivity index (χ2n) is 8.12. The number of ether oxygens (including phenoxy) is 1. The Balaban J connectivity index is 1.49. The van der Waals surface area contributed by atoms with E-state index in [1.807, 2.05) is 62.4 Å². The number of anilines is 3. The minimum Gasteiger partial charge on any atom is -0.469 e. The highest BCUT2D eigenvalue weighted by Crippen LogP contribution is 2.22. The van der Waals surface area contributed by atoms with Crippen molar-refractivity contribution in [1.29, 1.82) is 0 Å². The molecule has 0 aliphatic heterocycles. The highest BCUT2D eigenvalue weighted by Gasteiger charge is 2.12. The maximum Gasteiger partial charge on any atom is 0.323 e. The zero-order valence-corrected chi connectivity index (χ0v) is 19.6. The molecule has 0 aliphatic carbocycles. The summed E-state index contributed by atoms with van der Waals surface area (Å²) < 4.78 is 4.71. The SMILES string of the molecule is COC(=O)CC(C)c1ccc(NC(=O)Cc2ccc(NC(=O)Nc3ccccc3C)cc2)cc1. The fourth-order valence-corrected chi connectivity index (χ4v) is 3.44. The molecule has 0 saturated carbocycles. The standard InChI is InChI=1S/C27H29N3O4/c1-18-6-4-5-7-24(18)30-27(33)29-23-12-8-20(9-13-23)17-25(31)28-22-14-10-21(11-15-22)19(2)16-26(32)34-3/h4-15,19H,16-17H2,1-3H3,(H,28,31)(H2,29,30,33).